The molecular weight excluding hydrogens is 354 g/mol. The average molecular weight is 367 g/mol. The maximum absolute atomic E-state index is 5.23. The first-order chi connectivity index (χ1) is 12.3. The van der Waals surface area contributed by atoms with E-state index in [0.29, 0.717) is 5.13 Å². The van der Waals surface area contributed by atoms with E-state index in [0.717, 1.165) is 31.7 Å². The highest BCUT2D eigenvalue weighted by Gasteiger charge is 2.10. The zero-order valence-electron chi connectivity index (χ0n) is 13.2. The van der Waals surface area contributed by atoms with E-state index in [-0.39, 0.29) is 0 Å². The molecule has 124 valence electrons. The van der Waals surface area contributed by atoms with Gasteiger partial charge in [-0.1, -0.05) is 35.6 Å². The van der Waals surface area contributed by atoms with E-state index in [9.17, 15) is 0 Å². The fourth-order valence-electron chi connectivity index (χ4n) is 2.27. The van der Waals surface area contributed by atoms with Crippen molar-refractivity contribution in [2.24, 2.45) is 0 Å². The molecule has 4 rings (SSSR count). The van der Waals surface area contributed by atoms with Crippen LogP contribution < -0.4 is 10.1 Å². The van der Waals surface area contributed by atoms with Gasteiger partial charge in [-0.3, -0.25) is 0 Å². The smallest absolute Gasteiger partial charge is 0.210 e. The van der Waals surface area contributed by atoms with Gasteiger partial charge in [0.1, 0.15) is 17.1 Å². The Balaban J connectivity index is 1.55. The molecule has 6 nitrogen and oxygen atoms in total. The summed E-state index contributed by atoms with van der Waals surface area (Å²) in [5, 5.41) is 14.3. The molecule has 8 heteroatoms. The third-order valence-corrected chi connectivity index (χ3v) is 5.33. The maximum atomic E-state index is 5.23. The Labute approximate surface area is 152 Å². The van der Waals surface area contributed by atoms with E-state index < -0.39 is 0 Å². The van der Waals surface area contributed by atoms with Gasteiger partial charge in [0.05, 0.1) is 12.6 Å². The molecule has 0 bridgehead atoms. The molecule has 0 aliphatic rings. The molecule has 0 atom stereocenters. The number of anilines is 2. The van der Waals surface area contributed by atoms with E-state index >= 15 is 0 Å². The van der Waals surface area contributed by atoms with Gasteiger partial charge in [-0.2, -0.15) is 0 Å². The van der Waals surface area contributed by atoms with Crippen LogP contribution in [0.25, 0.3) is 10.9 Å². The Kier molecular flexibility index (Phi) is 4.45. The summed E-state index contributed by atoms with van der Waals surface area (Å²) >= 11 is 2.96. The van der Waals surface area contributed by atoms with Crippen molar-refractivity contribution in [3.8, 4) is 5.75 Å². The predicted molar refractivity (Wildman–Crippen MR) is 99.8 cm³/mol. The largest absolute Gasteiger partial charge is 0.497 e. The van der Waals surface area contributed by atoms with Crippen molar-refractivity contribution >= 4 is 44.8 Å². The first-order valence-electron chi connectivity index (χ1n) is 7.44. The van der Waals surface area contributed by atoms with Crippen LogP contribution in [0.4, 0.5) is 10.8 Å². The molecule has 2 aromatic heterocycles. The summed E-state index contributed by atoms with van der Waals surface area (Å²) < 4.78 is 6.04. The van der Waals surface area contributed by atoms with Gasteiger partial charge < -0.3 is 10.1 Å². The van der Waals surface area contributed by atoms with Gasteiger partial charge in [0.15, 0.2) is 4.34 Å². The Bertz CT molecular complexity index is 1020. The second-order valence-corrected chi connectivity index (χ2v) is 7.24. The molecule has 0 saturated heterocycles. The fourth-order valence-corrected chi connectivity index (χ4v) is 4.04. The molecule has 0 fully saturated rings. The highest BCUT2D eigenvalue weighted by molar-refractivity contribution is 8.01. The van der Waals surface area contributed by atoms with Crippen molar-refractivity contribution in [2.75, 3.05) is 12.4 Å². The van der Waals surface area contributed by atoms with E-state index in [2.05, 4.69) is 25.5 Å². The lowest BCUT2D eigenvalue weighted by Gasteiger charge is -2.04. The minimum absolute atomic E-state index is 0.717. The summed E-state index contributed by atoms with van der Waals surface area (Å²) in [4.78, 5) is 8.65. The summed E-state index contributed by atoms with van der Waals surface area (Å²) in [6.45, 7) is 0. The zero-order chi connectivity index (χ0) is 17.1. The van der Waals surface area contributed by atoms with E-state index in [1.54, 1.807) is 13.4 Å². The maximum Gasteiger partial charge on any atom is 0.210 e. The Morgan fingerprint density at radius 1 is 1.04 bits per heavy atom. The topological polar surface area (TPSA) is 72.8 Å². The zero-order valence-corrected chi connectivity index (χ0v) is 14.8. The number of para-hydroxylation sites is 1. The van der Waals surface area contributed by atoms with E-state index in [4.69, 9.17) is 4.74 Å². The summed E-state index contributed by atoms with van der Waals surface area (Å²) in [5.41, 5.74) is 1.82. The number of aromatic nitrogens is 4. The number of fused-ring (bicyclic) bond motifs is 1. The molecular formula is C17H13N5OS2. The highest BCUT2D eigenvalue weighted by atomic mass is 32.2. The monoisotopic (exact) mass is 367 g/mol. The minimum Gasteiger partial charge on any atom is -0.497 e. The molecule has 0 unspecified atom stereocenters. The number of benzene rings is 2. The molecule has 0 saturated carbocycles. The molecule has 0 aliphatic carbocycles. The second kappa shape index (κ2) is 7.04. The summed E-state index contributed by atoms with van der Waals surface area (Å²) in [6, 6.07) is 15.6. The average Bonchev–Trinajstić information content (AvgIpc) is 3.09. The van der Waals surface area contributed by atoms with Gasteiger partial charge in [0, 0.05) is 17.1 Å². The van der Waals surface area contributed by atoms with E-state index in [1.807, 2.05) is 48.5 Å². The molecule has 0 aliphatic heterocycles. The number of hydrogen-bond donors (Lipinski definition) is 1. The predicted octanol–water partition coefficient (Wildman–Crippen LogP) is 4.38. The first-order valence-corrected chi connectivity index (χ1v) is 9.07. The Hall–Kier alpha value is -2.71. The molecule has 4 aromatic rings. The molecule has 2 aromatic carbocycles. The standard InChI is InChI=1S/C17H13N5OS2/c1-23-12-6-4-5-11(9-12)20-16-21-22-17(25-16)24-15-13-7-2-3-8-14(13)18-10-19-15/h2-10H,1H3,(H,20,21). The highest BCUT2D eigenvalue weighted by Crippen LogP contribution is 2.35. The van der Waals surface area contributed by atoms with Crippen LogP contribution in [0.15, 0.2) is 64.2 Å². The van der Waals surface area contributed by atoms with Gasteiger partial charge in [-0.05, 0) is 30.0 Å². The third-order valence-electron chi connectivity index (χ3n) is 3.42. The molecule has 0 radical (unpaired) electrons. The quantitative estimate of drug-likeness (QED) is 0.525. The van der Waals surface area contributed by atoms with Crippen LogP contribution in [0, 0.1) is 0 Å². The normalized spacial score (nSPS) is 10.8. The second-order valence-electron chi connectivity index (χ2n) is 5.03. The van der Waals surface area contributed by atoms with Crippen molar-refractivity contribution in [1.29, 1.82) is 0 Å². The number of methoxy groups -OCH3 is 1. The van der Waals surface area contributed by atoms with Crippen LogP contribution in [0.2, 0.25) is 0 Å². The van der Waals surface area contributed by atoms with E-state index in [1.165, 1.54) is 23.1 Å². The van der Waals surface area contributed by atoms with Crippen molar-refractivity contribution in [1.82, 2.24) is 20.2 Å². The van der Waals surface area contributed by atoms with Crippen molar-refractivity contribution in [2.45, 2.75) is 9.37 Å². The SMILES string of the molecule is COc1cccc(Nc2nnc(Sc3ncnc4ccccc34)s2)c1. The molecule has 0 amide bonds. The molecule has 1 N–H and O–H groups in total. The lowest BCUT2D eigenvalue weighted by atomic mass is 10.2. The van der Waals surface area contributed by atoms with Crippen molar-refractivity contribution in [3.63, 3.8) is 0 Å². The van der Waals surface area contributed by atoms with Crippen LogP contribution in [-0.4, -0.2) is 27.3 Å². The Morgan fingerprint density at radius 3 is 2.88 bits per heavy atom. The summed E-state index contributed by atoms with van der Waals surface area (Å²) in [6.07, 6.45) is 1.57. The van der Waals surface area contributed by atoms with Gasteiger partial charge in [-0.25, -0.2) is 9.97 Å². The number of rotatable bonds is 5. The third kappa shape index (κ3) is 3.54. The minimum atomic E-state index is 0.717. The van der Waals surface area contributed by atoms with Gasteiger partial charge in [0.25, 0.3) is 0 Å². The van der Waals surface area contributed by atoms with Gasteiger partial charge in [0.2, 0.25) is 5.13 Å². The molecule has 0 spiro atoms. The number of nitrogens with zero attached hydrogens (tertiary/aromatic N) is 4. The lowest BCUT2D eigenvalue weighted by Crippen LogP contribution is -1.90. The first kappa shape index (κ1) is 15.8. The molecule has 25 heavy (non-hydrogen) atoms. The van der Waals surface area contributed by atoms with Crippen LogP contribution in [0.5, 0.6) is 5.75 Å². The van der Waals surface area contributed by atoms with Crippen LogP contribution in [0.3, 0.4) is 0 Å². The fraction of sp³-hybridized carbons (Fsp3) is 0.0588. The van der Waals surface area contributed by atoms with Gasteiger partial charge >= 0.3 is 0 Å². The van der Waals surface area contributed by atoms with Gasteiger partial charge in [-0.15, -0.1) is 10.2 Å². The molecule has 2 heterocycles. The lowest BCUT2D eigenvalue weighted by molar-refractivity contribution is 0.415. The number of ether oxygens (including phenoxy) is 1. The van der Waals surface area contributed by atoms with Crippen molar-refractivity contribution < 1.29 is 4.74 Å². The summed E-state index contributed by atoms with van der Waals surface area (Å²) in [5.74, 6) is 0.788. The summed E-state index contributed by atoms with van der Waals surface area (Å²) in [7, 11) is 1.64. The van der Waals surface area contributed by atoms with Crippen LogP contribution in [-0.2, 0) is 0 Å². The van der Waals surface area contributed by atoms with Crippen LogP contribution in [0.1, 0.15) is 0 Å². The number of hydrogen-bond acceptors (Lipinski definition) is 8. The van der Waals surface area contributed by atoms with Crippen molar-refractivity contribution in [3.05, 3.63) is 54.9 Å². The number of nitrogens with one attached hydrogen (secondary N) is 1. The Morgan fingerprint density at radius 2 is 1.96 bits per heavy atom. The van der Waals surface area contributed by atoms with Crippen LogP contribution >= 0.6 is 23.1 Å².